The molecule has 1 N–H and O–H groups in total. The van der Waals surface area contributed by atoms with E-state index in [0.717, 1.165) is 41.9 Å². The first-order valence-electron chi connectivity index (χ1n) is 11.7. The largest absolute Gasteiger partial charge is 0.309 e. The van der Waals surface area contributed by atoms with Gasteiger partial charge in [0.15, 0.2) is 5.82 Å². The van der Waals surface area contributed by atoms with E-state index in [1.165, 1.54) is 43.2 Å². The molecule has 32 heavy (non-hydrogen) atoms. The molecule has 0 spiro atoms. The normalized spacial score (nSPS) is 15.7. The van der Waals surface area contributed by atoms with Gasteiger partial charge >= 0.3 is 0 Å². The summed E-state index contributed by atoms with van der Waals surface area (Å²) in [6, 6.07) is 15.9. The van der Waals surface area contributed by atoms with Crippen molar-refractivity contribution in [3.8, 4) is 11.3 Å². The van der Waals surface area contributed by atoms with Gasteiger partial charge in [-0.25, -0.2) is 9.97 Å². The Bertz CT molecular complexity index is 1120. The zero-order valence-corrected chi connectivity index (χ0v) is 19.0. The average Bonchev–Trinajstić information content (AvgIpc) is 2.81. The van der Waals surface area contributed by atoms with E-state index < -0.39 is 0 Å². The number of hydrogen-bond acceptors (Lipinski definition) is 3. The van der Waals surface area contributed by atoms with Crippen molar-refractivity contribution < 1.29 is 4.79 Å². The Morgan fingerprint density at radius 1 is 0.969 bits per heavy atom. The number of carbonyl (C=O) groups excluding carboxylic acids is 1. The van der Waals surface area contributed by atoms with Gasteiger partial charge < -0.3 is 5.32 Å². The summed E-state index contributed by atoms with van der Waals surface area (Å²) >= 11 is 5.98. The van der Waals surface area contributed by atoms with Crippen molar-refractivity contribution >= 4 is 23.3 Å². The molecular formula is C27H28ClN3O. The Morgan fingerprint density at radius 2 is 1.75 bits per heavy atom. The molecule has 1 amide bonds. The summed E-state index contributed by atoms with van der Waals surface area (Å²) in [5, 5.41) is 3.76. The second-order valence-corrected chi connectivity index (χ2v) is 9.47. The van der Waals surface area contributed by atoms with Crippen molar-refractivity contribution in [2.75, 3.05) is 5.32 Å². The predicted molar refractivity (Wildman–Crippen MR) is 129 cm³/mol. The molecule has 2 aromatic carbocycles. The molecule has 164 valence electrons. The molecule has 4 nitrogen and oxygen atoms in total. The molecule has 0 atom stereocenters. The number of nitrogens with zero attached hydrogens (tertiary/aromatic N) is 2. The fraction of sp³-hybridized carbons (Fsp3) is 0.370. The van der Waals surface area contributed by atoms with Crippen LogP contribution in [0.4, 0.5) is 5.82 Å². The highest BCUT2D eigenvalue weighted by Crippen LogP contribution is 2.34. The summed E-state index contributed by atoms with van der Waals surface area (Å²) in [7, 11) is 0. The lowest BCUT2D eigenvalue weighted by Gasteiger charge is -2.24. The molecule has 0 saturated heterocycles. The molecular weight excluding hydrogens is 418 g/mol. The Morgan fingerprint density at radius 3 is 2.56 bits per heavy atom. The first-order valence-corrected chi connectivity index (χ1v) is 12.1. The summed E-state index contributed by atoms with van der Waals surface area (Å²) in [4.78, 5) is 22.9. The van der Waals surface area contributed by atoms with Gasteiger partial charge in [-0.1, -0.05) is 80.1 Å². The van der Waals surface area contributed by atoms with Gasteiger partial charge in [-0.15, -0.1) is 0 Å². The SMILES string of the molecule is O=C(Cc1ccc(Cl)cc1)Nc1nc2c(nc1CC1CCCCC1)-c1ccccc1CC2. The standard InChI is InChI=1S/C27H28ClN3O/c28-21-13-10-19(11-14-21)17-25(32)31-27-24(16-18-6-2-1-3-7-18)29-26-22-9-5-4-8-20(22)12-15-23(26)30-27/h4-5,8-11,13-14,18H,1-3,6-7,12,15-17H2,(H,30,31,32). The minimum atomic E-state index is -0.0670. The van der Waals surface area contributed by atoms with Crippen molar-refractivity contribution in [1.29, 1.82) is 0 Å². The van der Waals surface area contributed by atoms with E-state index in [1.807, 2.05) is 24.3 Å². The lowest BCUT2D eigenvalue weighted by molar-refractivity contribution is -0.115. The number of halogens is 1. The molecule has 2 aliphatic rings. The van der Waals surface area contributed by atoms with Crippen LogP contribution in [-0.2, 0) is 30.5 Å². The van der Waals surface area contributed by atoms with Crippen LogP contribution in [0, 0.1) is 5.92 Å². The maximum Gasteiger partial charge on any atom is 0.229 e. The summed E-state index contributed by atoms with van der Waals surface area (Å²) in [5.74, 6) is 1.19. The molecule has 5 rings (SSSR count). The number of amides is 1. The van der Waals surface area contributed by atoms with Crippen molar-refractivity contribution in [3.63, 3.8) is 0 Å². The van der Waals surface area contributed by atoms with Gasteiger partial charge in [-0.2, -0.15) is 0 Å². The van der Waals surface area contributed by atoms with Gasteiger partial charge in [0.1, 0.15) is 0 Å². The smallest absolute Gasteiger partial charge is 0.229 e. The lowest BCUT2D eigenvalue weighted by atomic mass is 9.85. The van der Waals surface area contributed by atoms with Crippen molar-refractivity contribution in [2.45, 2.75) is 57.8 Å². The summed E-state index contributed by atoms with van der Waals surface area (Å²) in [6.45, 7) is 0. The van der Waals surface area contributed by atoms with Crippen molar-refractivity contribution in [3.05, 3.63) is 76.1 Å². The van der Waals surface area contributed by atoms with Gasteiger partial charge in [0.2, 0.25) is 5.91 Å². The number of nitrogens with one attached hydrogen (secondary N) is 1. The predicted octanol–water partition coefficient (Wildman–Crippen LogP) is 6.20. The quantitative estimate of drug-likeness (QED) is 0.508. The van der Waals surface area contributed by atoms with E-state index in [9.17, 15) is 4.79 Å². The Hall–Kier alpha value is -2.72. The first-order chi connectivity index (χ1) is 15.7. The van der Waals surface area contributed by atoms with Crippen LogP contribution in [-0.4, -0.2) is 15.9 Å². The number of aromatic nitrogens is 2. The van der Waals surface area contributed by atoms with Crippen LogP contribution < -0.4 is 5.32 Å². The molecule has 1 aromatic heterocycles. The van der Waals surface area contributed by atoms with Gasteiger partial charge in [0.05, 0.1) is 23.5 Å². The van der Waals surface area contributed by atoms with Gasteiger partial charge in [-0.3, -0.25) is 4.79 Å². The maximum atomic E-state index is 12.9. The summed E-state index contributed by atoms with van der Waals surface area (Å²) < 4.78 is 0. The fourth-order valence-corrected chi connectivity index (χ4v) is 5.11. The molecule has 0 unspecified atom stereocenters. The molecule has 0 radical (unpaired) electrons. The number of rotatable bonds is 5. The van der Waals surface area contributed by atoms with E-state index in [2.05, 4.69) is 29.6 Å². The molecule has 1 fully saturated rings. The van der Waals surface area contributed by atoms with E-state index in [0.29, 0.717) is 23.2 Å². The number of fused-ring (bicyclic) bond motifs is 3. The number of anilines is 1. The summed E-state index contributed by atoms with van der Waals surface area (Å²) in [5.41, 5.74) is 6.35. The molecule has 5 heteroatoms. The molecule has 1 heterocycles. The Labute approximate surface area is 194 Å². The third kappa shape index (κ3) is 4.71. The maximum absolute atomic E-state index is 12.9. The molecule has 2 aliphatic carbocycles. The Kier molecular flexibility index (Phi) is 6.22. The number of benzene rings is 2. The van der Waals surface area contributed by atoms with Gasteiger partial charge in [0.25, 0.3) is 0 Å². The van der Waals surface area contributed by atoms with E-state index >= 15 is 0 Å². The van der Waals surface area contributed by atoms with Crippen molar-refractivity contribution in [1.82, 2.24) is 9.97 Å². The lowest BCUT2D eigenvalue weighted by Crippen LogP contribution is -2.21. The van der Waals surface area contributed by atoms with E-state index in [4.69, 9.17) is 21.6 Å². The molecule has 3 aromatic rings. The highest BCUT2D eigenvalue weighted by atomic mass is 35.5. The van der Waals surface area contributed by atoms with E-state index in [-0.39, 0.29) is 5.91 Å². The van der Waals surface area contributed by atoms with E-state index in [1.54, 1.807) is 0 Å². The minimum absolute atomic E-state index is 0.0670. The second kappa shape index (κ2) is 9.41. The van der Waals surface area contributed by atoms with Crippen LogP contribution >= 0.6 is 11.6 Å². The third-order valence-corrected chi connectivity index (χ3v) is 6.94. The van der Waals surface area contributed by atoms with Crippen LogP contribution in [0.5, 0.6) is 0 Å². The zero-order chi connectivity index (χ0) is 21.9. The monoisotopic (exact) mass is 445 g/mol. The van der Waals surface area contributed by atoms with Crippen LogP contribution in [0.25, 0.3) is 11.3 Å². The number of hydrogen-bond donors (Lipinski definition) is 1. The van der Waals surface area contributed by atoms with Gasteiger partial charge in [-0.05, 0) is 48.4 Å². The molecule has 0 bridgehead atoms. The van der Waals surface area contributed by atoms with Crippen molar-refractivity contribution in [2.24, 2.45) is 5.92 Å². The fourth-order valence-electron chi connectivity index (χ4n) is 4.99. The van der Waals surface area contributed by atoms with Crippen LogP contribution in [0.15, 0.2) is 48.5 Å². The highest BCUT2D eigenvalue weighted by molar-refractivity contribution is 6.30. The molecule has 1 saturated carbocycles. The van der Waals surface area contributed by atoms with Crippen LogP contribution in [0.1, 0.15) is 54.6 Å². The third-order valence-electron chi connectivity index (χ3n) is 6.69. The highest BCUT2D eigenvalue weighted by Gasteiger charge is 2.24. The Balaban J connectivity index is 1.45. The topological polar surface area (TPSA) is 54.9 Å². The number of carbonyl (C=O) groups is 1. The molecule has 0 aliphatic heterocycles. The zero-order valence-electron chi connectivity index (χ0n) is 18.2. The second-order valence-electron chi connectivity index (χ2n) is 9.03. The average molecular weight is 446 g/mol. The van der Waals surface area contributed by atoms with Crippen LogP contribution in [0.3, 0.4) is 0 Å². The van der Waals surface area contributed by atoms with Gasteiger partial charge in [0, 0.05) is 10.6 Å². The number of aryl methyl sites for hydroxylation is 2. The first kappa shape index (κ1) is 21.1. The summed E-state index contributed by atoms with van der Waals surface area (Å²) in [6.07, 6.45) is 9.32. The minimum Gasteiger partial charge on any atom is -0.309 e. The van der Waals surface area contributed by atoms with Crippen LogP contribution in [0.2, 0.25) is 5.02 Å².